The van der Waals surface area contributed by atoms with E-state index in [4.69, 9.17) is 22.2 Å². The first-order valence-corrected chi connectivity index (χ1v) is 5.61. The number of hydrazine groups is 1. The van der Waals surface area contributed by atoms with Crippen LogP contribution in [0.4, 0.5) is 0 Å². The average Bonchev–Trinajstić information content (AvgIpc) is 2.38. The van der Waals surface area contributed by atoms with E-state index in [0.29, 0.717) is 22.1 Å². The van der Waals surface area contributed by atoms with Crippen LogP contribution in [0.2, 0.25) is 5.02 Å². The number of nitrogens with two attached hydrogens (primary N) is 1. The van der Waals surface area contributed by atoms with Crippen LogP contribution >= 0.6 is 11.6 Å². The summed E-state index contributed by atoms with van der Waals surface area (Å²) in [6.45, 7) is 0. The molecule has 0 aliphatic carbocycles. The van der Waals surface area contributed by atoms with Crippen molar-refractivity contribution in [3.63, 3.8) is 0 Å². The Kier molecular flexibility index (Phi) is 3.82. The molecule has 0 saturated carbocycles. The molecule has 0 aliphatic heterocycles. The smallest absolute Gasteiger partial charge is 0.265 e. The Balaban J connectivity index is 2.22. The zero-order valence-electron chi connectivity index (χ0n) is 9.39. The number of rotatable bonds is 3. The second-order valence-electron chi connectivity index (χ2n) is 3.56. The monoisotopic (exact) mass is 262 g/mol. The Morgan fingerprint density at radius 2 is 1.78 bits per heavy atom. The van der Waals surface area contributed by atoms with Crippen molar-refractivity contribution in [3.8, 4) is 11.5 Å². The second kappa shape index (κ2) is 5.53. The molecule has 0 spiro atoms. The summed E-state index contributed by atoms with van der Waals surface area (Å²) in [5.74, 6) is 5.84. The minimum atomic E-state index is -0.369. The fraction of sp³-hybridized carbons (Fsp3) is 0. The zero-order chi connectivity index (χ0) is 13.0. The van der Waals surface area contributed by atoms with Gasteiger partial charge >= 0.3 is 0 Å². The Morgan fingerprint density at radius 1 is 1.11 bits per heavy atom. The molecule has 18 heavy (non-hydrogen) atoms. The Bertz CT molecular complexity index is 572. The number of amides is 1. The lowest BCUT2D eigenvalue weighted by atomic mass is 10.2. The molecule has 0 radical (unpaired) electrons. The maximum absolute atomic E-state index is 11.4. The van der Waals surface area contributed by atoms with Gasteiger partial charge in [0.25, 0.3) is 5.91 Å². The highest BCUT2D eigenvalue weighted by Crippen LogP contribution is 2.24. The first-order valence-electron chi connectivity index (χ1n) is 5.23. The van der Waals surface area contributed by atoms with Gasteiger partial charge in [-0.2, -0.15) is 0 Å². The average molecular weight is 263 g/mol. The van der Waals surface area contributed by atoms with Gasteiger partial charge in [-0.25, -0.2) is 5.84 Å². The van der Waals surface area contributed by atoms with Gasteiger partial charge in [-0.05, 0) is 36.4 Å². The van der Waals surface area contributed by atoms with Gasteiger partial charge in [-0.3, -0.25) is 10.2 Å². The van der Waals surface area contributed by atoms with Crippen LogP contribution in [0, 0.1) is 0 Å². The molecular formula is C13H11ClN2O2. The molecule has 0 saturated heterocycles. The maximum Gasteiger partial charge on any atom is 0.265 e. The van der Waals surface area contributed by atoms with Gasteiger partial charge in [0.2, 0.25) is 0 Å². The lowest BCUT2D eigenvalue weighted by Gasteiger charge is -2.07. The van der Waals surface area contributed by atoms with E-state index in [1.54, 1.807) is 48.5 Å². The Morgan fingerprint density at radius 3 is 2.44 bits per heavy atom. The van der Waals surface area contributed by atoms with E-state index in [-0.39, 0.29) is 5.91 Å². The van der Waals surface area contributed by atoms with E-state index in [0.717, 1.165) is 0 Å². The van der Waals surface area contributed by atoms with Gasteiger partial charge in [0.15, 0.2) is 0 Å². The fourth-order valence-corrected chi connectivity index (χ4v) is 1.63. The molecule has 0 aliphatic rings. The predicted molar refractivity (Wildman–Crippen MR) is 69.6 cm³/mol. The molecule has 2 aromatic carbocycles. The first kappa shape index (κ1) is 12.4. The molecule has 92 valence electrons. The van der Waals surface area contributed by atoms with Crippen LogP contribution < -0.4 is 16.0 Å². The molecule has 0 unspecified atom stereocenters. The van der Waals surface area contributed by atoms with Gasteiger partial charge in [0, 0.05) is 10.6 Å². The van der Waals surface area contributed by atoms with E-state index in [2.05, 4.69) is 5.43 Å². The summed E-state index contributed by atoms with van der Waals surface area (Å²) in [5, 5.41) is 0.586. The van der Waals surface area contributed by atoms with Crippen LogP contribution in [0.25, 0.3) is 0 Å². The van der Waals surface area contributed by atoms with Crippen LogP contribution in [0.5, 0.6) is 11.5 Å². The van der Waals surface area contributed by atoms with E-state index >= 15 is 0 Å². The molecule has 2 aromatic rings. The topological polar surface area (TPSA) is 64.3 Å². The van der Waals surface area contributed by atoms with Crippen molar-refractivity contribution in [1.29, 1.82) is 0 Å². The maximum atomic E-state index is 11.4. The number of carbonyl (C=O) groups is 1. The molecule has 2 rings (SSSR count). The molecular weight excluding hydrogens is 252 g/mol. The van der Waals surface area contributed by atoms with Crippen LogP contribution in [-0.4, -0.2) is 5.91 Å². The molecule has 0 aromatic heterocycles. The largest absolute Gasteiger partial charge is 0.457 e. The Hall–Kier alpha value is -2.04. The third-order valence-electron chi connectivity index (χ3n) is 2.26. The number of nitrogen functional groups attached to an aromatic ring is 1. The van der Waals surface area contributed by atoms with Crippen molar-refractivity contribution in [3.05, 3.63) is 59.1 Å². The van der Waals surface area contributed by atoms with E-state index in [9.17, 15) is 4.79 Å². The number of benzene rings is 2. The van der Waals surface area contributed by atoms with Crippen molar-refractivity contribution in [2.45, 2.75) is 0 Å². The van der Waals surface area contributed by atoms with Crippen molar-refractivity contribution in [1.82, 2.24) is 5.43 Å². The highest BCUT2D eigenvalue weighted by Gasteiger charge is 2.05. The molecule has 0 fully saturated rings. The van der Waals surface area contributed by atoms with Gasteiger partial charge in [0.1, 0.15) is 11.5 Å². The van der Waals surface area contributed by atoms with E-state index < -0.39 is 0 Å². The SMILES string of the molecule is NNC(=O)c1cccc(Oc2cccc(Cl)c2)c1. The van der Waals surface area contributed by atoms with Crippen LogP contribution in [0.1, 0.15) is 10.4 Å². The molecule has 5 heteroatoms. The van der Waals surface area contributed by atoms with Crippen molar-refractivity contribution < 1.29 is 9.53 Å². The van der Waals surface area contributed by atoms with Gasteiger partial charge in [0.05, 0.1) is 0 Å². The number of hydrogen-bond donors (Lipinski definition) is 2. The van der Waals surface area contributed by atoms with Gasteiger partial charge < -0.3 is 4.74 Å². The van der Waals surface area contributed by atoms with Crippen molar-refractivity contribution in [2.75, 3.05) is 0 Å². The Labute approximate surface area is 109 Å². The predicted octanol–water partition coefficient (Wildman–Crippen LogP) is 2.74. The van der Waals surface area contributed by atoms with Crippen LogP contribution in [0.15, 0.2) is 48.5 Å². The lowest BCUT2D eigenvalue weighted by molar-refractivity contribution is 0.0953. The first-order chi connectivity index (χ1) is 8.69. The molecule has 4 nitrogen and oxygen atoms in total. The summed E-state index contributed by atoms with van der Waals surface area (Å²) in [6.07, 6.45) is 0. The molecule has 3 N–H and O–H groups in total. The van der Waals surface area contributed by atoms with E-state index in [1.165, 1.54) is 0 Å². The van der Waals surface area contributed by atoms with Crippen molar-refractivity contribution in [2.24, 2.45) is 5.84 Å². The minimum absolute atomic E-state index is 0.369. The summed E-state index contributed by atoms with van der Waals surface area (Å²) >= 11 is 5.85. The van der Waals surface area contributed by atoms with Crippen molar-refractivity contribution >= 4 is 17.5 Å². The van der Waals surface area contributed by atoms with Gasteiger partial charge in [-0.1, -0.05) is 23.7 Å². The summed E-state index contributed by atoms with van der Waals surface area (Å²) < 4.78 is 5.59. The summed E-state index contributed by atoms with van der Waals surface area (Å²) in [4.78, 5) is 11.4. The summed E-state index contributed by atoms with van der Waals surface area (Å²) in [6, 6.07) is 13.7. The molecule has 0 atom stereocenters. The number of hydrogen-bond acceptors (Lipinski definition) is 3. The lowest BCUT2D eigenvalue weighted by Crippen LogP contribution is -2.29. The number of ether oxygens (including phenoxy) is 1. The fourth-order valence-electron chi connectivity index (χ4n) is 1.45. The highest BCUT2D eigenvalue weighted by atomic mass is 35.5. The second-order valence-corrected chi connectivity index (χ2v) is 4.00. The summed E-state index contributed by atoms with van der Waals surface area (Å²) in [7, 11) is 0. The quantitative estimate of drug-likeness (QED) is 0.508. The normalized spacial score (nSPS) is 9.89. The van der Waals surface area contributed by atoms with Gasteiger partial charge in [-0.15, -0.1) is 0 Å². The molecule has 0 bridgehead atoms. The minimum Gasteiger partial charge on any atom is -0.457 e. The third kappa shape index (κ3) is 3.00. The number of carbonyl (C=O) groups excluding carboxylic acids is 1. The summed E-state index contributed by atoms with van der Waals surface area (Å²) in [5.41, 5.74) is 2.49. The number of nitrogens with one attached hydrogen (secondary N) is 1. The standard InChI is InChI=1S/C13H11ClN2O2/c14-10-4-2-6-12(8-10)18-11-5-1-3-9(7-11)13(17)16-15/h1-8H,15H2,(H,16,17). The van der Waals surface area contributed by atoms with E-state index in [1.807, 2.05) is 0 Å². The molecule has 0 heterocycles. The zero-order valence-corrected chi connectivity index (χ0v) is 10.1. The molecule has 1 amide bonds. The number of halogens is 1. The van der Waals surface area contributed by atoms with Crippen LogP contribution in [0.3, 0.4) is 0 Å². The third-order valence-corrected chi connectivity index (χ3v) is 2.49. The highest BCUT2D eigenvalue weighted by molar-refractivity contribution is 6.30. The van der Waals surface area contributed by atoms with Crippen LogP contribution in [-0.2, 0) is 0 Å².